The Morgan fingerprint density at radius 3 is 2.75 bits per heavy atom. The number of benzene rings is 2. The van der Waals surface area contributed by atoms with Gasteiger partial charge in [0.25, 0.3) is 0 Å². The number of aromatic amines is 1. The molecular weight excluding hydrogens is 346 g/mol. The first-order valence-corrected chi connectivity index (χ1v) is 10.1. The number of aliphatic imine (C=N–C) groups is 1. The topological polar surface area (TPSA) is 55.5 Å². The highest BCUT2D eigenvalue weighted by Crippen LogP contribution is 2.19. The maximum absolute atomic E-state index is 4.39. The van der Waals surface area contributed by atoms with Crippen LogP contribution in [0, 0.1) is 0 Å². The maximum atomic E-state index is 4.39. The molecular formula is C23H29N5. The van der Waals surface area contributed by atoms with E-state index in [1.807, 2.05) is 7.05 Å². The summed E-state index contributed by atoms with van der Waals surface area (Å²) < 4.78 is 0. The van der Waals surface area contributed by atoms with Gasteiger partial charge < -0.3 is 15.6 Å². The fourth-order valence-electron chi connectivity index (χ4n) is 4.00. The van der Waals surface area contributed by atoms with Gasteiger partial charge in [-0.2, -0.15) is 0 Å². The maximum Gasteiger partial charge on any atom is 0.191 e. The monoisotopic (exact) mass is 375 g/mol. The number of hydrogen-bond donors (Lipinski definition) is 3. The highest BCUT2D eigenvalue weighted by atomic mass is 15.2. The Kier molecular flexibility index (Phi) is 5.92. The van der Waals surface area contributed by atoms with Crippen molar-refractivity contribution in [1.29, 1.82) is 0 Å². The predicted octanol–water partition coefficient (Wildman–Crippen LogP) is 3.50. The van der Waals surface area contributed by atoms with Crippen LogP contribution in [0.2, 0.25) is 0 Å². The largest absolute Gasteiger partial charge is 0.357 e. The SMILES string of the molecule is CN=C(NCc1cc2ccccc2[nH]1)NCC1CCCN1Cc1ccccc1. The van der Waals surface area contributed by atoms with Gasteiger partial charge in [0, 0.05) is 37.4 Å². The van der Waals surface area contributed by atoms with E-state index in [0.29, 0.717) is 6.04 Å². The normalized spacial score (nSPS) is 17.9. The van der Waals surface area contributed by atoms with Crippen molar-refractivity contribution in [2.24, 2.45) is 4.99 Å². The molecule has 5 heteroatoms. The van der Waals surface area contributed by atoms with Gasteiger partial charge in [-0.3, -0.25) is 9.89 Å². The van der Waals surface area contributed by atoms with Crippen molar-refractivity contribution in [1.82, 2.24) is 20.5 Å². The number of nitrogens with one attached hydrogen (secondary N) is 3. The van der Waals surface area contributed by atoms with Gasteiger partial charge in [0.2, 0.25) is 0 Å². The number of para-hydroxylation sites is 1. The van der Waals surface area contributed by atoms with E-state index in [2.05, 4.69) is 86.2 Å². The van der Waals surface area contributed by atoms with E-state index in [4.69, 9.17) is 0 Å². The molecule has 1 aliphatic rings. The van der Waals surface area contributed by atoms with Crippen LogP contribution in [0.4, 0.5) is 0 Å². The van der Waals surface area contributed by atoms with Crippen LogP contribution in [-0.4, -0.2) is 42.0 Å². The summed E-state index contributed by atoms with van der Waals surface area (Å²) in [6, 6.07) is 21.8. The van der Waals surface area contributed by atoms with Crippen molar-refractivity contribution in [3.05, 3.63) is 71.9 Å². The molecule has 28 heavy (non-hydrogen) atoms. The minimum absolute atomic E-state index is 0.548. The third kappa shape index (κ3) is 4.54. The van der Waals surface area contributed by atoms with Crippen molar-refractivity contribution in [2.75, 3.05) is 20.1 Å². The van der Waals surface area contributed by atoms with E-state index in [9.17, 15) is 0 Å². The molecule has 1 saturated heterocycles. The molecule has 0 aliphatic carbocycles. The van der Waals surface area contributed by atoms with Crippen LogP contribution in [-0.2, 0) is 13.1 Å². The third-order valence-corrected chi connectivity index (χ3v) is 5.49. The van der Waals surface area contributed by atoms with Gasteiger partial charge in [0.15, 0.2) is 5.96 Å². The van der Waals surface area contributed by atoms with Crippen LogP contribution >= 0.6 is 0 Å². The van der Waals surface area contributed by atoms with Gasteiger partial charge in [-0.05, 0) is 42.5 Å². The molecule has 1 aliphatic heterocycles. The van der Waals surface area contributed by atoms with Crippen LogP contribution in [0.5, 0.6) is 0 Å². The molecule has 0 saturated carbocycles. The number of hydrogen-bond acceptors (Lipinski definition) is 2. The van der Waals surface area contributed by atoms with Gasteiger partial charge in [-0.15, -0.1) is 0 Å². The standard InChI is InChI=1S/C23H29N5/c1-24-23(25-15-20-14-19-10-5-6-12-22(19)27-20)26-16-21-11-7-13-28(21)17-18-8-3-2-4-9-18/h2-6,8-10,12,14,21,27H,7,11,13,15-17H2,1H3,(H2,24,25,26). The van der Waals surface area contributed by atoms with E-state index in [-0.39, 0.29) is 0 Å². The lowest BCUT2D eigenvalue weighted by Gasteiger charge is -2.25. The lowest BCUT2D eigenvalue weighted by atomic mass is 10.2. The lowest BCUT2D eigenvalue weighted by molar-refractivity contribution is 0.245. The van der Waals surface area contributed by atoms with Crippen LogP contribution in [0.3, 0.4) is 0 Å². The fourth-order valence-corrected chi connectivity index (χ4v) is 4.00. The number of rotatable bonds is 6. The first-order chi connectivity index (χ1) is 13.8. The molecule has 4 rings (SSSR count). The molecule has 0 radical (unpaired) electrons. The van der Waals surface area contributed by atoms with Gasteiger partial charge in [0.1, 0.15) is 0 Å². The molecule has 1 unspecified atom stereocenters. The molecule has 1 fully saturated rings. The lowest BCUT2D eigenvalue weighted by Crippen LogP contribution is -2.44. The van der Waals surface area contributed by atoms with Gasteiger partial charge in [-0.1, -0.05) is 48.5 Å². The Hall–Kier alpha value is -2.79. The molecule has 0 bridgehead atoms. The molecule has 2 heterocycles. The van der Waals surface area contributed by atoms with Crippen molar-refractivity contribution in [3.8, 4) is 0 Å². The molecule has 0 spiro atoms. The summed E-state index contributed by atoms with van der Waals surface area (Å²) in [5.41, 5.74) is 3.72. The van der Waals surface area contributed by atoms with Crippen molar-refractivity contribution < 1.29 is 0 Å². The van der Waals surface area contributed by atoms with Crippen LogP contribution in [0.25, 0.3) is 10.9 Å². The first-order valence-electron chi connectivity index (χ1n) is 10.1. The quantitative estimate of drug-likeness (QED) is 0.457. The Bertz CT molecular complexity index is 882. The molecule has 1 atom stereocenters. The summed E-state index contributed by atoms with van der Waals surface area (Å²) in [5, 5.41) is 8.18. The molecule has 0 amide bonds. The van der Waals surface area contributed by atoms with Crippen molar-refractivity contribution in [2.45, 2.75) is 32.0 Å². The number of likely N-dealkylation sites (tertiary alicyclic amines) is 1. The van der Waals surface area contributed by atoms with Crippen molar-refractivity contribution in [3.63, 3.8) is 0 Å². The molecule has 3 N–H and O–H groups in total. The van der Waals surface area contributed by atoms with E-state index in [0.717, 1.165) is 31.3 Å². The van der Waals surface area contributed by atoms with Crippen molar-refractivity contribution >= 4 is 16.9 Å². The van der Waals surface area contributed by atoms with E-state index in [1.165, 1.54) is 35.9 Å². The molecule has 146 valence electrons. The van der Waals surface area contributed by atoms with Crippen LogP contribution in [0.1, 0.15) is 24.1 Å². The average molecular weight is 376 g/mol. The molecule has 3 aromatic rings. The highest BCUT2D eigenvalue weighted by molar-refractivity contribution is 5.81. The third-order valence-electron chi connectivity index (χ3n) is 5.49. The van der Waals surface area contributed by atoms with Gasteiger partial charge in [0.05, 0.1) is 6.54 Å². The number of fused-ring (bicyclic) bond motifs is 1. The Morgan fingerprint density at radius 1 is 1.11 bits per heavy atom. The van der Waals surface area contributed by atoms with Crippen LogP contribution < -0.4 is 10.6 Å². The summed E-state index contributed by atoms with van der Waals surface area (Å²) in [6.07, 6.45) is 2.50. The van der Waals surface area contributed by atoms with Crippen LogP contribution in [0.15, 0.2) is 65.7 Å². The second-order valence-corrected chi connectivity index (χ2v) is 7.44. The highest BCUT2D eigenvalue weighted by Gasteiger charge is 2.24. The fraction of sp³-hybridized carbons (Fsp3) is 0.348. The number of nitrogens with zero attached hydrogens (tertiary/aromatic N) is 2. The van der Waals surface area contributed by atoms with Gasteiger partial charge >= 0.3 is 0 Å². The minimum atomic E-state index is 0.548. The number of aromatic nitrogens is 1. The Balaban J connectivity index is 1.28. The minimum Gasteiger partial charge on any atom is -0.357 e. The summed E-state index contributed by atoms with van der Waals surface area (Å²) >= 11 is 0. The molecule has 2 aromatic carbocycles. The number of H-pyrrole nitrogens is 1. The number of guanidine groups is 1. The summed E-state index contributed by atoms with van der Waals surface area (Å²) in [5.74, 6) is 0.852. The molecule has 1 aromatic heterocycles. The summed E-state index contributed by atoms with van der Waals surface area (Å²) in [4.78, 5) is 10.4. The Labute approximate surface area is 166 Å². The average Bonchev–Trinajstić information content (AvgIpc) is 3.35. The summed E-state index contributed by atoms with van der Waals surface area (Å²) in [6.45, 7) is 3.84. The Morgan fingerprint density at radius 2 is 1.93 bits per heavy atom. The van der Waals surface area contributed by atoms with E-state index >= 15 is 0 Å². The zero-order chi connectivity index (χ0) is 19.2. The first kappa shape index (κ1) is 18.6. The van der Waals surface area contributed by atoms with Gasteiger partial charge in [-0.25, -0.2) is 0 Å². The van der Waals surface area contributed by atoms with E-state index in [1.54, 1.807) is 0 Å². The molecule has 5 nitrogen and oxygen atoms in total. The predicted molar refractivity (Wildman–Crippen MR) is 116 cm³/mol. The zero-order valence-corrected chi connectivity index (χ0v) is 16.5. The second kappa shape index (κ2) is 8.93. The van der Waals surface area contributed by atoms with E-state index < -0.39 is 0 Å². The second-order valence-electron chi connectivity index (χ2n) is 7.44. The summed E-state index contributed by atoms with van der Waals surface area (Å²) in [7, 11) is 1.83. The smallest absolute Gasteiger partial charge is 0.191 e. The zero-order valence-electron chi connectivity index (χ0n) is 16.5.